The Morgan fingerprint density at radius 1 is 1.14 bits per heavy atom. The Morgan fingerprint density at radius 2 is 1.86 bits per heavy atom. The van der Waals surface area contributed by atoms with Crippen LogP contribution in [0.25, 0.3) is 22.7 Å². The van der Waals surface area contributed by atoms with Gasteiger partial charge in [0.05, 0.1) is 28.8 Å². The highest BCUT2D eigenvalue weighted by molar-refractivity contribution is 6.31. The summed E-state index contributed by atoms with van der Waals surface area (Å²) < 4.78 is 3.68. The lowest BCUT2D eigenvalue weighted by atomic mass is 10.1. The van der Waals surface area contributed by atoms with Crippen molar-refractivity contribution in [3.8, 4) is 6.07 Å². The number of rotatable bonds is 4. The van der Waals surface area contributed by atoms with Crippen LogP contribution in [0.3, 0.4) is 0 Å². The third-order valence-electron chi connectivity index (χ3n) is 5.00. The quantitative estimate of drug-likeness (QED) is 0.444. The Bertz CT molecular complexity index is 1270. The first-order valence-corrected chi connectivity index (χ1v) is 9.68. The average Bonchev–Trinajstić information content (AvgIpc) is 3.19. The maximum atomic E-state index is 9.80. The van der Waals surface area contributed by atoms with Crippen molar-refractivity contribution in [2.75, 3.05) is 0 Å². The Hall–Kier alpha value is -3.36. The van der Waals surface area contributed by atoms with Crippen molar-refractivity contribution in [3.63, 3.8) is 0 Å². The van der Waals surface area contributed by atoms with Gasteiger partial charge in [-0.25, -0.2) is 9.67 Å². The highest BCUT2D eigenvalue weighted by Crippen LogP contribution is 2.27. The van der Waals surface area contributed by atoms with Gasteiger partial charge in [-0.3, -0.25) is 0 Å². The van der Waals surface area contributed by atoms with E-state index in [0.29, 0.717) is 23.1 Å². The average molecular weight is 402 g/mol. The van der Waals surface area contributed by atoms with E-state index >= 15 is 0 Å². The predicted molar refractivity (Wildman–Crippen MR) is 116 cm³/mol. The van der Waals surface area contributed by atoms with E-state index in [9.17, 15) is 5.26 Å². The van der Waals surface area contributed by atoms with E-state index in [4.69, 9.17) is 11.6 Å². The van der Waals surface area contributed by atoms with Crippen LogP contribution in [-0.2, 0) is 13.6 Å². The molecule has 0 saturated heterocycles. The van der Waals surface area contributed by atoms with Crippen LogP contribution in [0.2, 0.25) is 5.15 Å². The minimum Gasteiger partial charge on any atom is -0.327 e. The standard InChI is InChI=1S/C23H20ClN5/c1-15-8-10-17(11-9-15)14-29-22(24)19(16(2)27-29)12-18(13-25)23-26-20-6-4-5-7-21(20)28(23)3/h4-12H,14H2,1-3H3/b18-12+. The Balaban J connectivity index is 1.74. The van der Waals surface area contributed by atoms with Crippen LogP contribution in [-0.4, -0.2) is 19.3 Å². The molecule has 5 nitrogen and oxygen atoms in total. The monoisotopic (exact) mass is 401 g/mol. The van der Waals surface area contributed by atoms with Gasteiger partial charge in [-0.2, -0.15) is 10.4 Å². The van der Waals surface area contributed by atoms with Gasteiger partial charge in [-0.05, 0) is 37.6 Å². The van der Waals surface area contributed by atoms with Gasteiger partial charge < -0.3 is 4.57 Å². The molecule has 0 aliphatic carbocycles. The molecule has 0 fully saturated rings. The molecule has 4 aromatic rings. The van der Waals surface area contributed by atoms with Crippen molar-refractivity contribution in [1.29, 1.82) is 5.26 Å². The Labute approximate surface area is 174 Å². The Morgan fingerprint density at radius 3 is 2.55 bits per heavy atom. The van der Waals surface area contributed by atoms with E-state index < -0.39 is 0 Å². The fourth-order valence-corrected chi connectivity index (χ4v) is 3.67. The number of allylic oxidation sites excluding steroid dienone is 1. The number of imidazole rings is 1. The number of nitrogens with zero attached hydrogens (tertiary/aromatic N) is 5. The molecule has 2 heterocycles. The van der Waals surface area contributed by atoms with Gasteiger partial charge in [0.2, 0.25) is 0 Å². The zero-order chi connectivity index (χ0) is 20.5. The molecule has 0 bridgehead atoms. The minimum atomic E-state index is 0.448. The molecule has 2 aromatic heterocycles. The molecule has 4 rings (SSSR count). The van der Waals surface area contributed by atoms with Crippen molar-refractivity contribution in [2.24, 2.45) is 7.05 Å². The fourth-order valence-electron chi connectivity index (χ4n) is 3.38. The molecule has 0 radical (unpaired) electrons. The van der Waals surface area contributed by atoms with E-state index in [2.05, 4.69) is 47.3 Å². The molecule has 0 aliphatic heterocycles. The maximum absolute atomic E-state index is 9.80. The van der Waals surface area contributed by atoms with Crippen LogP contribution < -0.4 is 0 Å². The Kier molecular flexibility index (Phi) is 4.96. The van der Waals surface area contributed by atoms with Crippen molar-refractivity contribution in [2.45, 2.75) is 20.4 Å². The minimum absolute atomic E-state index is 0.448. The first kappa shape index (κ1) is 19.0. The van der Waals surface area contributed by atoms with Crippen LogP contribution >= 0.6 is 11.6 Å². The molecule has 0 unspecified atom stereocenters. The molecule has 0 atom stereocenters. The van der Waals surface area contributed by atoms with Crippen LogP contribution in [0.5, 0.6) is 0 Å². The van der Waals surface area contributed by atoms with Gasteiger partial charge in [0, 0.05) is 12.6 Å². The predicted octanol–water partition coefficient (Wildman–Crippen LogP) is 5.15. The number of para-hydroxylation sites is 2. The second-order valence-electron chi connectivity index (χ2n) is 7.09. The van der Waals surface area contributed by atoms with Crippen molar-refractivity contribution in [1.82, 2.24) is 19.3 Å². The van der Waals surface area contributed by atoms with Crippen LogP contribution in [0, 0.1) is 25.2 Å². The summed E-state index contributed by atoms with van der Waals surface area (Å²) in [7, 11) is 1.91. The molecule has 6 heteroatoms. The van der Waals surface area contributed by atoms with E-state index in [-0.39, 0.29) is 0 Å². The molecule has 144 valence electrons. The highest BCUT2D eigenvalue weighted by Gasteiger charge is 2.16. The van der Waals surface area contributed by atoms with Gasteiger partial charge in [-0.15, -0.1) is 0 Å². The first-order chi connectivity index (χ1) is 14.0. The van der Waals surface area contributed by atoms with Crippen molar-refractivity contribution < 1.29 is 0 Å². The van der Waals surface area contributed by atoms with Gasteiger partial charge in [0.25, 0.3) is 0 Å². The number of nitriles is 1. The summed E-state index contributed by atoms with van der Waals surface area (Å²) in [5, 5.41) is 14.9. The largest absolute Gasteiger partial charge is 0.327 e. The number of fused-ring (bicyclic) bond motifs is 1. The molecule has 0 amide bonds. The zero-order valence-electron chi connectivity index (χ0n) is 16.5. The summed E-state index contributed by atoms with van der Waals surface area (Å²) in [4.78, 5) is 4.62. The van der Waals surface area contributed by atoms with Crippen LogP contribution in [0.1, 0.15) is 28.2 Å². The van der Waals surface area contributed by atoms with Gasteiger partial charge >= 0.3 is 0 Å². The second kappa shape index (κ2) is 7.57. The third-order valence-corrected chi connectivity index (χ3v) is 5.40. The lowest BCUT2D eigenvalue weighted by molar-refractivity contribution is 0.680. The number of aromatic nitrogens is 4. The van der Waals surface area contributed by atoms with E-state index in [1.807, 2.05) is 42.8 Å². The van der Waals surface area contributed by atoms with E-state index in [1.54, 1.807) is 10.8 Å². The lowest BCUT2D eigenvalue weighted by Gasteiger charge is -2.04. The topological polar surface area (TPSA) is 59.4 Å². The smallest absolute Gasteiger partial charge is 0.151 e. The summed E-state index contributed by atoms with van der Waals surface area (Å²) in [5.74, 6) is 0.607. The van der Waals surface area contributed by atoms with Gasteiger partial charge in [-0.1, -0.05) is 53.6 Å². The third kappa shape index (κ3) is 3.55. The number of hydrogen-bond acceptors (Lipinski definition) is 3. The highest BCUT2D eigenvalue weighted by atomic mass is 35.5. The summed E-state index contributed by atoms with van der Waals surface area (Å²) in [6.45, 7) is 4.53. The molecule has 29 heavy (non-hydrogen) atoms. The number of halogens is 1. The first-order valence-electron chi connectivity index (χ1n) is 9.30. The van der Waals surface area contributed by atoms with Crippen LogP contribution in [0.15, 0.2) is 48.5 Å². The molecular weight excluding hydrogens is 382 g/mol. The normalized spacial score (nSPS) is 11.8. The van der Waals surface area contributed by atoms with E-state index in [0.717, 1.165) is 27.9 Å². The second-order valence-corrected chi connectivity index (χ2v) is 7.44. The molecular formula is C23H20ClN5. The lowest BCUT2D eigenvalue weighted by Crippen LogP contribution is -2.02. The van der Waals surface area contributed by atoms with Crippen molar-refractivity contribution >= 4 is 34.3 Å². The van der Waals surface area contributed by atoms with E-state index in [1.165, 1.54) is 5.56 Å². The van der Waals surface area contributed by atoms with Gasteiger partial charge in [0.1, 0.15) is 11.2 Å². The van der Waals surface area contributed by atoms with Gasteiger partial charge in [0.15, 0.2) is 5.82 Å². The molecule has 0 spiro atoms. The maximum Gasteiger partial charge on any atom is 0.151 e. The summed E-state index contributed by atoms with van der Waals surface area (Å²) in [6.07, 6.45) is 1.78. The summed E-state index contributed by atoms with van der Waals surface area (Å²) in [5.41, 5.74) is 6.11. The molecule has 0 aliphatic rings. The molecule has 0 saturated carbocycles. The fraction of sp³-hybridized carbons (Fsp3) is 0.174. The summed E-state index contributed by atoms with van der Waals surface area (Å²) >= 11 is 6.64. The molecule has 0 N–H and O–H groups in total. The summed E-state index contributed by atoms with van der Waals surface area (Å²) in [6, 6.07) is 18.4. The number of benzene rings is 2. The van der Waals surface area contributed by atoms with Crippen LogP contribution in [0.4, 0.5) is 0 Å². The SMILES string of the molecule is Cc1ccc(Cn2nc(C)c(/C=C(\C#N)c3nc4ccccc4n3C)c2Cl)cc1. The zero-order valence-corrected chi connectivity index (χ0v) is 17.3. The number of hydrogen-bond donors (Lipinski definition) is 0. The van der Waals surface area contributed by atoms with Crippen molar-refractivity contribution in [3.05, 3.63) is 81.9 Å². The number of aryl methyl sites for hydroxylation is 3. The molecule has 2 aromatic carbocycles.